The third kappa shape index (κ3) is 62.7. The highest BCUT2D eigenvalue weighted by molar-refractivity contribution is 5.71. The maximum Gasteiger partial charge on any atom is 0.306 e. The number of esters is 3. The molecular formula is C72H120O6. The van der Waals surface area contributed by atoms with Gasteiger partial charge in [-0.15, -0.1) is 0 Å². The van der Waals surface area contributed by atoms with Crippen molar-refractivity contribution in [2.75, 3.05) is 13.2 Å². The number of ether oxygens (including phenoxy) is 3. The molecule has 0 aromatic carbocycles. The summed E-state index contributed by atoms with van der Waals surface area (Å²) < 4.78 is 16.8. The molecule has 0 saturated carbocycles. The lowest BCUT2D eigenvalue weighted by Crippen LogP contribution is -2.30. The molecule has 0 heterocycles. The molecule has 1 atom stereocenters. The van der Waals surface area contributed by atoms with Crippen LogP contribution in [0.4, 0.5) is 0 Å². The van der Waals surface area contributed by atoms with E-state index in [2.05, 4.69) is 142 Å². The summed E-state index contributed by atoms with van der Waals surface area (Å²) in [5, 5.41) is 0. The highest BCUT2D eigenvalue weighted by Crippen LogP contribution is 2.16. The molecule has 6 heteroatoms. The maximum absolute atomic E-state index is 12.9. The Bertz CT molecular complexity index is 1620. The van der Waals surface area contributed by atoms with Crippen molar-refractivity contribution in [2.24, 2.45) is 0 Å². The van der Waals surface area contributed by atoms with Crippen molar-refractivity contribution in [3.05, 3.63) is 122 Å². The van der Waals surface area contributed by atoms with Crippen molar-refractivity contribution in [2.45, 2.75) is 303 Å². The minimum atomic E-state index is -0.781. The van der Waals surface area contributed by atoms with Gasteiger partial charge in [0.15, 0.2) is 6.10 Å². The lowest BCUT2D eigenvalue weighted by Gasteiger charge is -2.18. The summed E-state index contributed by atoms with van der Waals surface area (Å²) in [6, 6.07) is 0. The average molecular weight is 1080 g/mol. The van der Waals surface area contributed by atoms with Gasteiger partial charge >= 0.3 is 17.9 Å². The van der Waals surface area contributed by atoms with Gasteiger partial charge < -0.3 is 14.2 Å². The van der Waals surface area contributed by atoms with Gasteiger partial charge in [0.05, 0.1) is 0 Å². The molecular weight excluding hydrogens is 961 g/mol. The molecule has 0 aromatic heterocycles. The molecule has 0 amide bonds. The van der Waals surface area contributed by atoms with Crippen molar-refractivity contribution in [3.63, 3.8) is 0 Å². The lowest BCUT2D eigenvalue weighted by atomic mass is 10.0. The van der Waals surface area contributed by atoms with Crippen LogP contribution in [0.2, 0.25) is 0 Å². The summed E-state index contributed by atoms with van der Waals surface area (Å²) >= 11 is 0. The molecule has 0 aromatic rings. The highest BCUT2D eigenvalue weighted by Gasteiger charge is 2.19. The first-order chi connectivity index (χ1) is 38.5. The molecule has 444 valence electrons. The van der Waals surface area contributed by atoms with Crippen LogP contribution in [-0.2, 0) is 28.6 Å². The van der Waals surface area contributed by atoms with Crippen LogP contribution in [0.3, 0.4) is 0 Å². The molecule has 0 aliphatic carbocycles. The Labute approximate surface area is 482 Å². The summed E-state index contributed by atoms with van der Waals surface area (Å²) in [7, 11) is 0. The SMILES string of the molecule is CC/C=C\C/C=C\C/C=C\C/C=C\C/C=C\CCCCCCCCCCCCCCCC(=O)OCC(COC(=O)CCCCCCCC)OC(=O)CCCCCCCCCCC/C=C\C/C=C\C/C=C\C/C=C\C/C=C\CC. The fourth-order valence-electron chi connectivity index (χ4n) is 8.91. The lowest BCUT2D eigenvalue weighted by molar-refractivity contribution is -0.167. The number of hydrogen-bond acceptors (Lipinski definition) is 6. The molecule has 0 aliphatic heterocycles. The smallest absolute Gasteiger partial charge is 0.306 e. The van der Waals surface area contributed by atoms with Gasteiger partial charge in [0, 0.05) is 19.3 Å². The molecule has 1 unspecified atom stereocenters. The van der Waals surface area contributed by atoms with E-state index < -0.39 is 6.10 Å². The molecule has 0 radical (unpaired) electrons. The molecule has 6 nitrogen and oxygen atoms in total. The molecule has 0 bridgehead atoms. The van der Waals surface area contributed by atoms with Gasteiger partial charge in [0.1, 0.15) is 13.2 Å². The summed E-state index contributed by atoms with van der Waals surface area (Å²) in [4.78, 5) is 38.1. The van der Waals surface area contributed by atoms with Crippen molar-refractivity contribution < 1.29 is 28.6 Å². The second-order valence-corrected chi connectivity index (χ2v) is 21.3. The number of hydrogen-bond donors (Lipinski definition) is 0. The Kier molecular flexibility index (Phi) is 61.8. The third-order valence-corrected chi connectivity index (χ3v) is 13.7. The quantitative estimate of drug-likeness (QED) is 0.0261. The summed E-state index contributed by atoms with van der Waals surface area (Å²) in [5.74, 6) is -0.893. The van der Waals surface area contributed by atoms with E-state index in [1.807, 2.05) is 0 Å². The fourth-order valence-corrected chi connectivity index (χ4v) is 8.91. The van der Waals surface area contributed by atoms with E-state index in [1.54, 1.807) is 0 Å². The molecule has 0 N–H and O–H groups in total. The van der Waals surface area contributed by atoms with Crippen LogP contribution < -0.4 is 0 Å². The Morgan fingerprint density at radius 1 is 0.269 bits per heavy atom. The van der Waals surface area contributed by atoms with Crippen molar-refractivity contribution in [3.8, 4) is 0 Å². The minimum Gasteiger partial charge on any atom is -0.462 e. The first-order valence-corrected chi connectivity index (χ1v) is 32.5. The van der Waals surface area contributed by atoms with Crippen LogP contribution in [0.5, 0.6) is 0 Å². The van der Waals surface area contributed by atoms with Crippen LogP contribution in [0.1, 0.15) is 297 Å². The van der Waals surface area contributed by atoms with Gasteiger partial charge in [0.25, 0.3) is 0 Å². The van der Waals surface area contributed by atoms with Gasteiger partial charge in [-0.2, -0.15) is 0 Å². The van der Waals surface area contributed by atoms with E-state index in [1.165, 1.54) is 128 Å². The van der Waals surface area contributed by atoms with Crippen molar-refractivity contribution >= 4 is 17.9 Å². The topological polar surface area (TPSA) is 78.9 Å². The number of allylic oxidation sites excluding steroid dienone is 20. The maximum atomic E-state index is 12.9. The highest BCUT2D eigenvalue weighted by atomic mass is 16.6. The van der Waals surface area contributed by atoms with Gasteiger partial charge in [-0.05, 0) is 109 Å². The standard InChI is InChI=1S/C72H120O6/c1-4-7-10-13-16-18-20-22-24-26-28-30-32-34-35-36-37-39-40-42-44-46-48-50-52-54-56-59-62-65-71(74)77-68-69(67-76-70(73)64-61-58-15-12-9-6-3)78-72(75)66-63-60-57-55-53-51-49-47-45-43-41-38-33-31-29-27-25-23-21-19-17-14-11-8-5-2/h7-8,10-11,16-19,22-25,28-31,34-35,38,41,69H,4-6,9,12-15,20-21,26-27,32-33,36-37,39-40,42-68H2,1-3H3/b10-7-,11-8-,18-16-,19-17-,24-22-,25-23-,30-28-,31-29-,35-34-,41-38-. The predicted octanol–water partition coefficient (Wildman–Crippen LogP) is 22.4. The number of carbonyl (C=O) groups excluding carboxylic acids is 3. The zero-order valence-electron chi connectivity index (χ0n) is 50.9. The average Bonchev–Trinajstić information content (AvgIpc) is 3.44. The molecule has 0 aliphatic rings. The molecule has 0 spiro atoms. The van der Waals surface area contributed by atoms with Crippen LogP contribution in [-0.4, -0.2) is 37.2 Å². The fraction of sp³-hybridized carbons (Fsp3) is 0.681. The van der Waals surface area contributed by atoms with Crippen molar-refractivity contribution in [1.82, 2.24) is 0 Å². The minimum absolute atomic E-state index is 0.0809. The van der Waals surface area contributed by atoms with Crippen LogP contribution in [0, 0.1) is 0 Å². The van der Waals surface area contributed by atoms with E-state index in [9.17, 15) is 14.4 Å². The summed E-state index contributed by atoms with van der Waals surface area (Å²) in [5.41, 5.74) is 0. The number of unbranched alkanes of at least 4 members (excludes halogenated alkanes) is 27. The Balaban J connectivity index is 4.10. The Morgan fingerprint density at radius 3 is 0.782 bits per heavy atom. The monoisotopic (exact) mass is 1080 g/mol. The Hall–Kier alpha value is -4.19. The van der Waals surface area contributed by atoms with Gasteiger partial charge in [-0.3, -0.25) is 14.4 Å². The largest absolute Gasteiger partial charge is 0.462 e. The van der Waals surface area contributed by atoms with Gasteiger partial charge in [-0.1, -0.05) is 290 Å². The first kappa shape index (κ1) is 73.8. The normalized spacial score (nSPS) is 12.9. The summed E-state index contributed by atoms with van der Waals surface area (Å²) in [6.07, 6.45) is 91.0. The third-order valence-electron chi connectivity index (χ3n) is 13.7. The summed E-state index contributed by atoms with van der Waals surface area (Å²) in [6.45, 7) is 6.36. The zero-order chi connectivity index (χ0) is 56.4. The van der Waals surface area contributed by atoms with E-state index >= 15 is 0 Å². The second kappa shape index (κ2) is 65.3. The Morgan fingerprint density at radius 2 is 0.500 bits per heavy atom. The van der Waals surface area contributed by atoms with Crippen LogP contribution in [0.15, 0.2) is 122 Å². The molecule has 0 fully saturated rings. The van der Waals surface area contributed by atoms with Gasteiger partial charge in [0.2, 0.25) is 0 Å². The predicted molar refractivity (Wildman–Crippen MR) is 339 cm³/mol. The van der Waals surface area contributed by atoms with Crippen LogP contribution >= 0.6 is 0 Å². The van der Waals surface area contributed by atoms with E-state index in [0.29, 0.717) is 19.3 Å². The van der Waals surface area contributed by atoms with E-state index in [0.717, 1.165) is 128 Å². The molecule has 0 saturated heterocycles. The second-order valence-electron chi connectivity index (χ2n) is 21.3. The van der Waals surface area contributed by atoms with Crippen molar-refractivity contribution in [1.29, 1.82) is 0 Å². The molecule has 78 heavy (non-hydrogen) atoms. The number of carbonyl (C=O) groups is 3. The number of rotatable bonds is 58. The zero-order valence-corrected chi connectivity index (χ0v) is 50.9. The van der Waals surface area contributed by atoms with Crippen LogP contribution in [0.25, 0.3) is 0 Å². The van der Waals surface area contributed by atoms with E-state index in [4.69, 9.17) is 14.2 Å². The first-order valence-electron chi connectivity index (χ1n) is 32.5. The molecule has 0 rings (SSSR count). The van der Waals surface area contributed by atoms with Gasteiger partial charge in [-0.25, -0.2) is 0 Å². The van der Waals surface area contributed by atoms with E-state index in [-0.39, 0.29) is 31.1 Å².